The van der Waals surface area contributed by atoms with Crippen molar-refractivity contribution in [3.8, 4) is 0 Å². The Morgan fingerprint density at radius 2 is 2.20 bits per heavy atom. The van der Waals surface area contributed by atoms with E-state index in [0.717, 1.165) is 0 Å². The Labute approximate surface area is 58.9 Å². The molecule has 1 saturated heterocycles. The Kier molecular flexibility index (Phi) is 2.03. The number of carbonyl (C=O) groups excluding carboxylic acids is 1. The smallest absolute Gasteiger partial charge is 0.149 e. The van der Waals surface area contributed by atoms with Gasteiger partial charge in [-0.25, -0.2) is 0 Å². The molecule has 0 unspecified atom stereocenters. The van der Waals surface area contributed by atoms with Gasteiger partial charge >= 0.3 is 0 Å². The number of Topliss-reactive ketones (excluding diaryl/α,β-unsaturated/α-hetero) is 1. The van der Waals surface area contributed by atoms with Gasteiger partial charge in [-0.05, 0) is 6.92 Å². The van der Waals surface area contributed by atoms with Gasteiger partial charge in [0.15, 0.2) is 0 Å². The van der Waals surface area contributed by atoms with Crippen molar-refractivity contribution in [1.29, 1.82) is 0 Å². The second kappa shape index (κ2) is 2.65. The van der Waals surface area contributed by atoms with Crippen LogP contribution in [0.2, 0.25) is 0 Å². The maximum absolute atomic E-state index is 10.7. The molecule has 10 heavy (non-hydrogen) atoms. The first-order valence-electron chi connectivity index (χ1n) is 3.23. The number of β-amino-alcohol motifs (C(OH)–C–C–N with tert-alkyl or cyclic N) is 1. The third-order valence-electron chi connectivity index (χ3n) is 1.72. The summed E-state index contributed by atoms with van der Waals surface area (Å²) < 4.78 is 0. The Balaban J connectivity index is 2.57. The zero-order valence-electron chi connectivity index (χ0n) is 5.74. The Hall–Kier alpha value is -0.450. The van der Waals surface area contributed by atoms with Crippen LogP contribution in [0.15, 0.2) is 0 Å². The second-order valence-electron chi connectivity index (χ2n) is 2.55. The molecule has 0 amide bonds. The molecule has 0 saturated carbocycles. The molecule has 1 aliphatic heterocycles. The van der Waals surface area contributed by atoms with Crippen molar-refractivity contribution in [2.75, 3.05) is 6.54 Å². The molecular weight excluding hydrogens is 134 g/mol. The molecule has 1 heterocycles. The summed E-state index contributed by atoms with van der Waals surface area (Å²) in [7, 11) is 0. The van der Waals surface area contributed by atoms with Crippen LogP contribution in [0.25, 0.3) is 0 Å². The normalized spacial score (nSPS) is 40.1. The van der Waals surface area contributed by atoms with Crippen LogP contribution in [-0.4, -0.2) is 40.8 Å². The molecule has 3 atom stereocenters. The highest BCUT2D eigenvalue weighted by Gasteiger charge is 2.35. The molecule has 1 aliphatic rings. The fourth-order valence-electron chi connectivity index (χ4n) is 1.10. The molecule has 0 aliphatic carbocycles. The highest BCUT2D eigenvalue weighted by Crippen LogP contribution is 2.07. The quantitative estimate of drug-likeness (QED) is 0.410. The topological polar surface area (TPSA) is 69.6 Å². The number of hydrogen-bond acceptors (Lipinski definition) is 4. The van der Waals surface area contributed by atoms with Gasteiger partial charge in [-0.15, -0.1) is 0 Å². The molecule has 3 N–H and O–H groups in total. The Morgan fingerprint density at radius 1 is 1.60 bits per heavy atom. The van der Waals surface area contributed by atoms with Crippen molar-refractivity contribution in [2.24, 2.45) is 0 Å². The standard InChI is InChI=1S/C6H11NO3/c1-3(8)5-6(10)4(9)2-7-5/h4-7,9-10H,2H2,1H3/t4-,5+,6+/m0/s1. The summed E-state index contributed by atoms with van der Waals surface area (Å²) in [6, 6.07) is -0.574. The number of hydrogen-bond donors (Lipinski definition) is 3. The van der Waals surface area contributed by atoms with Crippen molar-refractivity contribution in [3.63, 3.8) is 0 Å². The van der Waals surface area contributed by atoms with Crippen molar-refractivity contribution >= 4 is 5.78 Å². The summed E-state index contributed by atoms with van der Waals surface area (Å²) in [6.45, 7) is 1.68. The van der Waals surface area contributed by atoms with E-state index in [9.17, 15) is 4.79 Å². The van der Waals surface area contributed by atoms with Gasteiger partial charge in [-0.2, -0.15) is 0 Å². The van der Waals surface area contributed by atoms with E-state index in [0.29, 0.717) is 6.54 Å². The van der Waals surface area contributed by atoms with E-state index in [2.05, 4.69) is 5.32 Å². The summed E-state index contributed by atoms with van der Waals surface area (Å²) in [5, 5.41) is 20.8. The van der Waals surface area contributed by atoms with E-state index in [1.807, 2.05) is 0 Å². The third-order valence-corrected chi connectivity index (χ3v) is 1.72. The van der Waals surface area contributed by atoms with Gasteiger partial charge in [0, 0.05) is 6.54 Å². The first-order valence-corrected chi connectivity index (χ1v) is 3.23. The molecule has 1 fully saturated rings. The van der Waals surface area contributed by atoms with E-state index in [-0.39, 0.29) is 5.78 Å². The summed E-state index contributed by atoms with van der Waals surface area (Å²) in [5.74, 6) is -0.135. The lowest BCUT2D eigenvalue weighted by Crippen LogP contribution is -2.38. The van der Waals surface area contributed by atoms with E-state index < -0.39 is 18.2 Å². The number of rotatable bonds is 1. The maximum Gasteiger partial charge on any atom is 0.149 e. The minimum Gasteiger partial charge on any atom is -0.389 e. The minimum absolute atomic E-state index is 0.135. The fraction of sp³-hybridized carbons (Fsp3) is 0.833. The first kappa shape index (κ1) is 7.65. The number of aliphatic hydroxyl groups is 2. The monoisotopic (exact) mass is 145 g/mol. The first-order chi connectivity index (χ1) is 4.63. The summed E-state index contributed by atoms with van der Waals surface area (Å²) in [5.41, 5.74) is 0. The van der Waals surface area contributed by atoms with E-state index >= 15 is 0 Å². The number of ketones is 1. The zero-order valence-corrected chi connectivity index (χ0v) is 5.74. The van der Waals surface area contributed by atoms with Crippen LogP contribution < -0.4 is 5.32 Å². The minimum atomic E-state index is -0.933. The number of aliphatic hydroxyl groups excluding tert-OH is 2. The van der Waals surface area contributed by atoms with Crippen LogP contribution in [0, 0.1) is 0 Å². The number of carbonyl (C=O) groups is 1. The lowest BCUT2D eigenvalue weighted by atomic mass is 10.1. The number of nitrogens with one attached hydrogen (secondary N) is 1. The summed E-state index contributed by atoms with van der Waals surface area (Å²) >= 11 is 0. The van der Waals surface area contributed by atoms with Gasteiger partial charge < -0.3 is 15.5 Å². The van der Waals surface area contributed by atoms with Gasteiger partial charge in [0.2, 0.25) is 0 Å². The van der Waals surface area contributed by atoms with Gasteiger partial charge in [-0.3, -0.25) is 4.79 Å². The Bertz CT molecular complexity index is 148. The van der Waals surface area contributed by atoms with Crippen molar-refractivity contribution in [1.82, 2.24) is 5.32 Å². The van der Waals surface area contributed by atoms with Crippen LogP contribution in [0.4, 0.5) is 0 Å². The third kappa shape index (κ3) is 1.18. The molecule has 0 spiro atoms. The highest BCUT2D eigenvalue weighted by molar-refractivity contribution is 5.82. The molecule has 4 heteroatoms. The summed E-state index contributed by atoms with van der Waals surface area (Å²) in [6.07, 6.45) is -1.73. The van der Waals surface area contributed by atoms with E-state index in [1.54, 1.807) is 0 Å². The molecule has 4 nitrogen and oxygen atoms in total. The molecule has 0 bridgehead atoms. The van der Waals surface area contributed by atoms with Gasteiger partial charge in [0.1, 0.15) is 11.9 Å². The average molecular weight is 145 g/mol. The lowest BCUT2D eigenvalue weighted by Gasteiger charge is -2.11. The average Bonchev–Trinajstić information content (AvgIpc) is 2.14. The van der Waals surface area contributed by atoms with Crippen LogP contribution in [0.1, 0.15) is 6.92 Å². The fourth-order valence-corrected chi connectivity index (χ4v) is 1.10. The molecule has 58 valence electrons. The van der Waals surface area contributed by atoms with E-state index in [4.69, 9.17) is 10.2 Å². The predicted octanol–water partition coefficient (Wildman–Crippen LogP) is -1.73. The molecule has 0 aromatic carbocycles. The van der Waals surface area contributed by atoms with Crippen LogP contribution in [-0.2, 0) is 4.79 Å². The molecular formula is C6H11NO3. The van der Waals surface area contributed by atoms with E-state index in [1.165, 1.54) is 6.92 Å². The van der Waals surface area contributed by atoms with Gasteiger partial charge in [0.05, 0.1) is 12.1 Å². The van der Waals surface area contributed by atoms with Crippen molar-refractivity contribution in [2.45, 2.75) is 25.2 Å². The van der Waals surface area contributed by atoms with Crippen molar-refractivity contribution < 1.29 is 15.0 Å². The largest absolute Gasteiger partial charge is 0.389 e. The zero-order chi connectivity index (χ0) is 7.72. The Morgan fingerprint density at radius 3 is 2.40 bits per heavy atom. The van der Waals surface area contributed by atoms with Gasteiger partial charge in [0.25, 0.3) is 0 Å². The van der Waals surface area contributed by atoms with Crippen molar-refractivity contribution in [3.05, 3.63) is 0 Å². The van der Waals surface area contributed by atoms with Crippen LogP contribution in [0.5, 0.6) is 0 Å². The SMILES string of the molecule is CC(=O)[C@H]1NC[C@H](O)[C@H]1O. The molecule has 0 aromatic rings. The summed E-state index contributed by atoms with van der Waals surface area (Å²) in [4.78, 5) is 10.7. The highest BCUT2D eigenvalue weighted by atomic mass is 16.3. The second-order valence-corrected chi connectivity index (χ2v) is 2.55. The molecule has 1 rings (SSSR count). The van der Waals surface area contributed by atoms with Crippen LogP contribution in [0.3, 0.4) is 0 Å². The maximum atomic E-state index is 10.7. The van der Waals surface area contributed by atoms with Gasteiger partial charge in [-0.1, -0.05) is 0 Å². The lowest BCUT2D eigenvalue weighted by molar-refractivity contribution is -0.121. The molecule has 0 radical (unpaired) electrons. The predicted molar refractivity (Wildman–Crippen MR) is 34.5 cm³/mol. The van der Waals surface area contributed by atoms with Crippen LogP contribution >= 0.6 is 0 Å². The molecule has 0 aromatic heterocycles.